The van der Waals surface area contributed by atoms with Crippen molar-refractivity contribution in [1.82, 2.24) is 4.72 Å². The van der Waals surface area contributed by atoms with Crippen LogP contribution in [0.1, 0.15) is 31.2 Å². The smallest absolute Gasteiger partial charge is 0.248 e. The summed E-state index contributed by atoms with van der Waals surface area (Å²) in [5.74, 6) is -5.21. The third-order valence-electron chi connectivity index (χ3n) is 3.61. The molecule has 8 heteroatoms. The minimum Gasteiger partial charge on any atom is -0.274 e. The van der Waals surface area contributed by atoms with Crippen molar-refractivity contribution in [3.8, 4) is 0 Å². The summed E-state index contributed by atoms with van der Waals surface area (Å²) in [6.45, 7) is 0. The highest BCUT2D eigenvalue weighted by molar-refractivity contribution is 7.89. The molecule has 1 aliphatic carbocycles. The molecule has 1 aromatic carbocycles. The molecule has 0 saturated heterocycles. The molecule has 1 aliphatic rings. The van der Waals surface area contributed by atoms with Gasteiger partial charge in [-0.1, -0.05) is 12.1 Å². The maximum Gasteiger partial charge on any atom is 0.248 e. The Kier molecular flexibility index (Phi) is 4.79. The lowest BCUT2D eigenvalue weighted by atomic mass is 9.86. The van der Waals surface area contributed by atoms with Crippen LogP contribution in [0.2, 0.25) is 0 Å². The van der Waals surface area contributed by atoms with E-state index in [0.717, 1.165) is 12.1 Å². The summed E-state index contributed by atoms with van der Waals surface area (Å²) in [4.78, 5) is 11.9. The van der Waals surface area contributed by atoms with E-state index in [4.69, 9.17) is 0 Å². The minimum atomic E-state index is -3.93. The van der Waals surface area contributed by atoms with Crippen molar-refractivity contribution in [2.45, 2.75) is 37.4 Å². The lowest BCUT2D eigenvalue weighted by Gasteiger charge is -2.27. The monoisotopic (exact) mass is 335 g/mol. The number of alkyl halides is 2. The quantitative estimate of drug-likeness (QED) is 0.920. The molecule has 22 heavy (non-hydrogen) atoms. The fourth-order valence-corrected chi connectivity index (χ4v) is 3.55. The van der Waals surface area contributed by atoms with E-state index in [1.807, 2.05) is 4.72 Å². The molecule has 0 atom stereocenters. The van der Waals surface area contributed by atoms with Crippen molar-refractivity contribution < 1.29 is 26.4 Å². The van der Waals surface area contributed by atoms with E-state index >= 15 is 0 Å². The average molecular weight is 335 g/mol. The van der Waals surface area contributed by atoms with E-state index in [2.05, 4.69) is 0 Å². The minimum absolute atomic E-state index is 0.0368. The van der Waals surface area contributed by atoms with Gasteiger partial charge >= 0.3 is 0 Å². The fourth-order valence-electron chi connectivity index (χ4n) is 2.38. The number of benzene rings is 1. The van der Waals surface area contributed by atoms with Gasteiger partial charge in [-0.25, -0.2) is 21.6 Å². The molecule has 1 fully saturated rings. The van der Waals surface area contributed by atoms with E-state index in [1.54, 1.807) is 0 Å². The standard InChI is InChI=1S/C14H16F3NO3S/c15-12-3-1-10(2-4-12)9-22(20,21)18-13(19)11-5-7-14(16,17)8-6-11/h1-4,11H,5-9H2,(H,18,19). The van der Waals surface area contributed by atoms with Gasteiger partial charge in [-0.2, -0.15) is 0 Å². The van der Waals surface area contributed by atoms with Crippen LogP contribution < -0.4 is 4.72 Å². The molecule has 122 valence electrons. The number of sulfonamides is 1. The SMILES string of the molecule is O=C(NS(=O)(=O)Cc1ccc(F)cc1)C1CCC(F)(F)CC1. The highest BCUT2D eigenvalue weighted by atomic mass is 32.2. The number of carbonyl (C=O) groups is 1. The lowest BCUT2D eigenvalue weighted by Crippen LogP contribution is -2.39. The Morgan fingerprint density at radius 3 is 2.27 bits per heavy atom. The van der Waals surface area contributed by atoms with Gasteiger partial charge in [0.05, 0.1) is 5.75 Å². The molecular formula is C14H16F3NO3S. The second kappa shape index (κ2) is 6.28. The third kappa shape index (κ3) is 4.72. The Labute approximate surface area is 126 Å². The van der Waals surface area contributed by atoms with Gasteiger partial charge in [-0.15, -0.1) is 0 Å². The van der Waals surface area contributed by atoms with Crippen molar-refractivity contribution in [3.05, 3.63) is 35.6 Å². The molecule has 0 aromatic heterocycles. The van der Waals surface area contributed by atoms with Crippen LogP contribution in [0.3, 0.4) is 0 Å². The van der Waals surface area contributed by atoms with Crippen LogP contribution in [0.5, 0.6) is 0 Å². The predicted molar refractivity (Wildman–Crippen MR) is 74.1 cm³/mol. The number of halogens is 3. The number of hydrogen-bond donors (Lipinski definition) is 1. The van der Waals surface area contributed by atoms with E-state index in [1.165, 1.54) is 12.1 Å². The highest BCUT2D eigenvalue weighted by Crippen LogP contribution is 2.36. The van der Waals surface area contributed by atoms with Crippen molar-refractivity contribution in [3.63, 3.8) is 0 Å². The van der Waals surface area contributed by atoms with Gasteiger partial charge in [0.1, 0.15) is 5.82 Å². The molecule has 1 saturated carbocycles. The molecule has 0 radical (unpaired) electrons. The van der Waals surface area contributed by atoms with E-state index in [0.29, 0.717) is 5.56 Å². The first-order valence-electron chi connectivity index (χ1n) is 6.83. The summed E-state index contributed by atoms with van der Waals surface area (Å²) in [5, 5.41) is 0. The average Bonchev–Trinajstić information content (AvgIpc) is 2.40. The molecule has 0 heterocycles. The van der Waals surface area contributed by atoms with Crippen molar-refractivity contribution in [1.29, 1.82) is 0 Å². The molecule has 2 rings (SSSR count). The van der Waals surface area contributed by atoms with Crippen LogP contribution in [0.4, 0.5) is 13.2 Å². The summed E-state index contributed by atoms with van der Waals surface area (Å²) >= 11 is 0. The molecule has 1 amide bonds. The summed E-state index contributed by atoms with van der Waals surface area (Å²) in [7, 11) is -3.93. The van der Waals surface area contributed by atoms with Gasteiger partial charge in [0, 0.05) is 18.8 Å². The summed E-state index contributed by atoms with van der Waals surface area (Å²) in [6, 6.07) is 4.85. The lowest BCUT2D eigenvalue weighted by molar-refractivity contribution is -0.127. The third-order valence-corrected chi connectivity index (χ3v) is 4.84. The first-order valence-corrected chi connectivity index (χ1v) is 8.49. The Hall–Kier alpha value is -1.57. The molecule has 0 unspecified atom stereocenters. The maximum absolute atomic E-state index is 13.0. The number of nitrogens with one attached hydrogen (secondary N) is 1. The van der Waals surface area contributed by atoms with Crippen LogP contribution >= 0.6 is 0 Å². The van der Waals surface area contributed by atoms with Crippen molar-refractivity contribution >= 4 is 15.9 Å². The largest absolute Gasteiger partial charge is 0.274 e. The van der Waals surface area contributed by atoms with Crippen molar-refractivity contribution in [2.75, 3.05) is 0 Å². The van der Waals surface area contributed by atoms with Gasteiger partial charge < -0.3 is 0 Å². The van der Waals surface area contributed by atoms with Gasteiger partial charge in [0.15, 0.2) is 0 Å². The molecule has 0 aliphatic heterocycles. The Bertz CT molecular complexity index is 634. The van der Waals surface area contributed by atoms with E-state index < -0.39 is 52.2 Å². The normalized spacial score (nSPS) is 18.9. The van der Waals surface area contributed by atoms with Gasteiger partial charge in [-0.05, 0) is 30.5 Å². The second-order valence-electron chi connectivity index (χ2n) is 5.48. The van der Waals surface area contributed by atoms with Gasteiger partial charge in [0.2, 0.25) is 21.9 Å². The van der Waals surface area contributed by atoms with Crippen molar-refractivity contribution in [2.24, 2.45) is 5.92 Å². The zero-order valence-corrected chi connectivity index (χ0v) is 12.5. The molecule has 0 spiro atoms. The first kappa shape index (κ1) is 16.8. The molecule has 4 nitrogen and oxygen atoms in total. The summed E-state index contributed by atoms with van der Waals surface area (Å²) in [6.07, 6.45) is -0.901. The number of hydrogen-bond acceptors (Lipinski definition) is 3. The first-order chi connectivity index (χ1) is 10.2. The number of rotatable bonds is 4. The molecule has 1 aromatic rings. The zero-order chi connectivity index (χ0) is 16.4. The van der Waals surface area contributed by atoms with Crippen LogP contribution in [0.15, 0.2) is 24.3 Å². The molecular weight excluding hydrogens is 319 g/mol. The second-order valence-corrected chi connectivity index (χ2v) is 7.20. The van der Waals surface area contributed by atoms with Gasteiger partial charge in [0.25, 0.3) is 0 Å². The van der Waals surface area contributed by atoms with E-state index in [-0.39, 0.29) is 12.8 Å². The van der Waals surface area contributed by atoms with E-state index in [9.17, 15) is 26.4 Å². The Morgan fingerprint density at radius 1 is 1.18 bits per heavy atom. The topological polar surface area (TPSA) is 63.2 Å². The molecule has 0 bridgehead atoms. The Balaban J connectivity index is 1.94. The Morgan fingerprint density at radius 2 is 1.73 bits per heavy atom. The van der Waals surface area contributed by atoms with Crippen LogP contribution in [-0.2, 0) is 20.6 Å². The highest BCUT2D eigenvalue weighted by Gasteiger charge is 2.38. The number of carbonyl (C=O) groups excluding carboxylic acids is 1. The maximum atomic E-state index is 13.0. The zero-order valence-electron chi connectivity index (χ0n) is 11.7. The molecule has 1 N–H and O–H groups in total. The van der Waals surface area contributed by atoms with Crippen LogP contribution in [-0.4, -0.2) is 20.2 Å². The number of amides is 1. The van der Waals surface area contributed by atoms with Gasteiger partial charge in [-0.3, -0.25) is 9.52 Å². The fraction of sp³-hybridized carbons (Fsp3) is 0.500. The predicted octanol–water partition coefficient (Wildman–Crippen LogP) is 2.60. The van der Waals surface area contributed by atoms with Crippen LogP contribution in [0, 0.1) is 11.7 Å². The summed E-state index contributed by atoms with van der Waals surface area (Å²) in [5.41, 5.74) is 0.330. The van der Waals surface area contributed by atoms with Crippen LogP contribution in [0.25, 0.3) is 0 Å². The summed E-state index contributed by atoms with van der Waals surface area (Å²) < 4.78 is 64.5.